The van der Waals surface area contributed by atoms with Gasteiger partial charge in [0.15, 0.2) is 11.5 Å². The van der Waals surface area contributed by atoms with E-state index < -0.39 is 21.7 Å². The number of hydrogen-bond acceptors (Lipinski definition) is 6. The molecule has 1 aliphatic heterocycles. The van der Waals surface area contributed by atoms with Crippen molar-refractivity contribution in [3.63, 3.8) is 0 Å². The summed E-state index contributed by atoms with van der Waals surface area (Å²) in [5.41, 5.74) is 2.06. The molecule has 0 aromatic heterocycles. The zero-order valence-corrected chi connectivity index (χ0v) is 22.4. The Morgan fingerprint density at radius 3 is 2.16 bits per heavy atom. The van der Waals surface area contributed by atoms with Gasteiger partial charge >= 0.3 is 0 Å². The molecule has 3 aromatic rings. The van der Waals surface area contributed by atoms with Gasteiger partial charge in [-0.3, -0.25) is 9.10 Å². The highest BCUT2D eigenvalue weighted by atomic mass is 32.2. The summed E-state index contributed by atoms with van der Waals surface area (Å²) in [6.45, 7) is 6.95. The Bertz CT molecular complexity index is 1380. The van der Waals surface area contributed by atoms with Gasteiger partial charge in [0.1, 0.15) is 5.82 Å². The van der Waals surface area contributed by atoms with E-state index in [9.17, 15) is 17.6 Å². The molecule has 10 heteroatoms. The lowest BCUT2D eigenvalue weighted by Gasteiger charge is -2.31. The molecule has 1 heterocycles. The third-order valence-electron chi connectivity index (χ3n) is 5.99. The second-order valence-electron chi connectivity index (χ2n) is 8.53. The maximum absolute atomic E-state index is 13.4. The van der Waals surface area contributed by atoms with Gasteiger partial charge in [0.25, 0.3) is 15.9 Å². The molecule has 3 aromatic carbocycles. The van der Waals surface area contributed by atoms with Crippen LogP contribution in [0.1, 0.15) is 43.1 Å². The predicted octanol–water partition coefficient (Wildman–Crippen LogP) is 5.42. The van der Waals surface area contributed by atoms with Gasteiger partial charge in [-0.25, -0.2) is 12.8 Å². The number of hydrogen-bond donors (Lipinski definition) is 1. The average Bonchev–Trinajstić information content (AvgIpc) is 2.90. The van der Waals surface area contributed by atoms with Crippen LogP contribution in [0.25, 0.3) is 0 Å². The number of rotatable bonds is 10. The Morgan fingerprint density at radius 1 is 0.921 bits per heavy atom. The third-order valence-corrected chi connectivity index (χ3v) is 7.82. The van der Waals surface area contributed by atoms with Crippen LogP contribution >= 0.6 is 0 Å². The molecular weight excluding hydrogens is 511 g/mol. The lowest BCUT2D eigenvalue weighted by Crippen LogP contribution is -2.35. The van der Waals surface area contributed by atoms with Gasteiger partial charge in [0, 0.05) is 17.8 Å². The van der Waals surface area contributed by atoms with Gasteiger partial charge in [-0.15, -0.1) is 0 Å². The number of amides is 1. The van der Waals surface area contributed by atoms with Gasteiger partial charge in [-0.05, 0) is 87.7 Å². The standard InChI is InChI=1S/C28H31FN2O6S/c1-4-35-25-16-20(17-26(36-5-2)27(25)37-6-3)28(32)30-22-12-9-19-8-7-15-31(24(19)18-22)38(33,34)23-13-10-21(29)11-14-23/h9-14,16-18H,4-8,15H2,1-3H3,(H,30,32). The first-order valence-electron chi connectivity index (χ1n) is 12.6. The zero-order valence-electron chi connectivity index (χ0n) is 21.6. The van der Waals surface area contributed by atoms with Gasteiger partial charge in [-0.1, -0.05) is 6.07 Å². The van der Waals surface area contributed by atoms with E-state index in [-0.39, 0.29) is 11.4 Å². The van der Waals surface area contributed by atoms with Crippen LogP contribution in [0, 0.1) is 5.82 Å². The summed E-state index contributed by atoms with van der Waals surface area (Å²) in [5.74, 6) is 0.295. The lowest BCUT2D eigenvalue weighted by atomic mass is 10.0. The molecule has 4 rings (SSSR count). The van der Waals surface area contributed by atoms with Crippen molar-refractivity contribution in [2.75, 3.05) is 36.0 Å². The third kappa shape index (κ3) is 5.70. The predicted molar refractivity (Wildman–Crippen MR) is 144 cm³/mol. The minimum Gasteiger partial charge on any atom is -0.490 e. The first kappa shape index (κ1) is 27.3. The van der Waals surface area contributed by atoms with Crippen LogP contribution in [-0.2, 0) is 16.4 Å². The fourth-order valence-electron chi connectivity index (χ4n) is 4.33. The van der Waals surface area contributed by atoms with E-state index in [0.717, 1.165) is 17.7 Å². The summed E-state index contributed by atoms with van der Waals surface area (Å²) < 4.78 is 58.6. The van der Waals surface area contributed by atoms with Crippen molar-refractivity contribution in [3.05, 3.63) is 71.5 Å². The normalized spacial score (nSPS) is 13.0. The molecule has 0 fully saturated rings. The molecule has 0 atom stereocenters. The maximum atomic E-state index is 13.4. The topological polar surface area (TPSA) is 94.2 Å². The minimum absolute atomic E-state index is 0.00230. The molecule has 0 saturated heterocycles. The van der Waals surface area contributed by atoms with E-state index in [4.69, 9.17) is 14.2 Å². The summed E-state index contributed by atoms with van der Waals surface area (Å²) in [6, 6.07) is 13.1. The maximum Gasteiger partial charge on any atom is 0.264 e. The van der Waals surface area contributed by atoms with Gasteiger partial charge in [0.2, 0.25) is 5.75 Å². The van der Waals surface area contributed by atoms with Crippen molar-refractivity contribution < 1.29 is 31.8 Å². The fraction of sp³-hybridized carbons (Fsp3) is 0.321. The Hall–Kier alpha value is -3.79. The highest BCUT2D eigenvalue weighted by Gasteiger charge is 2.29. The summed E-state index contributed by atoms with van der Waals surface area (Å²) in [4.78, 5) is 13.3. The van der Waals surface area contributed by atoms with Crippen molar-refractivity contribution in [3.8, 4) is 17.2 Å². The quantitative estimate of drug-likeness (QED) is 0.368. The van der Waals surface area contributed by atoms with Crippen molar-refractivity contribution in [1.29, 1.82) is 0 Å². The molecule has 1 N–H and O–H groups in total. The van der Waals surface area contributed by atoms with E-state index in [2.05, 4.69) is 5.32 Å². The molecular formula is C28H31FN2O6S. The zero-order chi connectivity index (χ0) is 27.3. The number of nitrogens with zero attached hydrogens (tertiary/aromatic N) is 1. The van der Waals surface area contributed by atoms with Gasteiger partial charge < -0.3 is 19.5 Å². The number of halogens is 1. The minimum atomic E-state index is -3.92. The summed E-state index contributed by atoms with van der Waals surface area (Å²) >= 11 is 0. The number of benzene rings is 3. The molecule has 0 spiro atoms. The second kappa shape index (κ2) is 11.7. The van der Waals surface area contributed by atoms with E-state index in [1.165, 1.54) is 16.4 Å². The number of ether oxygens (including phenoxy) is 3. The van der Waals surface area contributed by atoms with Crippen LogP contribution in [0.3, 0.4) is 0 Å². The average molecular weight is 543 g/mol. The highest BCUT2D eigenvalue weighted by molar-refractivity contribution is 7.92. The number of carbonyl (C=O) groups excluding carboxylic acids is 1. The first-order valence-corrected chi connectivity index (χ1v) is 14.0. The largest absolute Gasteiger partial charge is 0.490 e. The van der Waals surface area contributed by atoms with Crippen LogP contribution in [0.15, 0.2) is 59.5 Å². The van der Waals surface area contributed by atoms with Crippen LogP contribution in [0.4, 0.5) is 15.8 Å². The van der Waals surface area contributed by atoms with Gasteiger partial charge in [-0.2, -0.15) is 0 Å². The Labute approximate surface area is 222 Å². The molecule has 0 saturated carbocycles. The highest BCUT2D eigenvalue weighted by Crippen LogP contribution is 2.40. The molecule has 202 valence electrons. The molecule has 8 nitrogen and oxygen atoms in total. The number of aryl methyl sites for hydroxylation is 1. The number of carbonyl (C=O) groups is 1. The molecule has 1 amide bonds. The molecule has 0 bridgehead atoms. The lowest BCUT2D eigenvalue weighted by molar-refractivity contribution is 0.102. The Kier molecular flexibility index (Phi) is 8.41. The van der Waals surface area contributed by atoms with E-state index in [1.807, 2.05) is 26.8 Å². The Morgan fingerprint density at radius 2 is 1.55 bits per heavy atom. The van der Waals surface area contributed by atoms with Crippen LogP contribution in [-0.4, -0.2) is 40.7 Å². The van der Waals surface area contributed by atoms with Crippen LogP contribution < -0.4 is 23.8 Å². The Balaban J connectivity index is 1.65. The number of sulfonamides is 1. The van der Waals surface area contributed by atoms with Crippen LogP contribution in [0.5, 0.6) is 17.2 Å². The second-order valence-corrected chi connectivity index (χ2v) is 10.4. The summed E-state index contributed by atoms with van der Waals surface area (Å²) in [5, 5.41) is 2.86. The van der Waals surface area contributed by atoms with E-state index >= 15 is 0 Å². The van der Waals surface area contributed by atoms with Crippen LogP contribution in [0.2, 0.25) is 0 Å². The van der Waals surface area contributed by atoms with Crippen molar-refractivity contribution in [1.82, 2.24) is 0 Å². The first-order chi connectivity index (χ1) is 18.3. The SMILES string of the molecule is CCOc1cc(C(=O)Nc2ccc3c(c2)N(S(=O)(=O)c2ccc(F)cc2)CCC3)cc(OCC)c1OCC. The molecule has 38 heavy (non-hydrogen) atoms. The van der Waals surface area contributed by atoms with Crippen molar-refractivity contribution in [2.45, 2.75) is 38.5 Å². The number of nitrogens with one attached hydrogen (secondary N) is 1. The molecule has 0 unspecified atom stereocenters. The number of fused-ring (bicyclic) bond motifs is 1. The van der Waals surface area contributed by atoms with Gasteiger partial charge in [0.05, 0.1) is 30.4 Å². The molecule has 1 aliphatic rings. The van der Waals surface area contributed by atoms with E-state index in [1.54, 1.807) is 24.3 Å². The summed E-state index contributed by atoms with van der Waals surface area (Å²) in [6.07, 6.45) is 1.35. The monoisotopic (exact) mass is 542 g/mol. The fourth-order valence-corrected chi connectivity index (χ4v) is 5.86. The van der Waals surface area contributed by atoms with Crippen molar-refractivity contribution >= 4 is 27.3 Å². The molecule has 0 aliphatic carbocycles. The smallest absolute Gasteiger partial charge is 0.264 e. The summed E-state index contributed by atoms with van der Waals surface area (Å²) in [7, 11) is -3.92. The van der Waals surface area contributed by atoms with Crippen molar-refractivity contribution in [2.24, 2.45) is 0 Å². The molecule has 0 radical (unpaired) electrons. The van der Waals surface area contributed by atoms with E-state index in [0.29, 0.717) is 66.8 Å². The number of anilines is 2.